The molecule has 0 aliphatic carbocycles. The molecule has 43 heavy (non-hydrogen) atoms. The van der Waals surface area contributed by atoms with Crippen molar-refractivity contribution in [3.8, 4) is 11.5 Å². The predicted molar refractivity (Wildman–Crippen MR) is 170 cm³/mol. The summed E-state index contributed by atoms with van der Waals surface area (Å²) in [6.45, 7) is 1.91. The fraction of sp³-hybridized carbons (Fsp3) is 0.147. The normalized spacial score (nSPS) is 14.8. The molecule has 0 N–H and O–H groups in total. The second kappa shape index (κ2) is 11.9. The summed E-state index contributed by atoms with van der Waals surface area (Å²) in [5, 5.41) is 2.29. The monoisotopic (exact) mass is 610 g/mol. The van der Waals surface area contributed by atoms with Crippen molar-refractivity contribution in [2.75, 3.05) is 20.8 Å². The Morgan fingerprint density at radius 1 is 0.977 bits per heavy atom. The summed E-state index contributed by atoms with van der Waals surface area (Å²) in [6.07, 6.45) is 1.74. The molecule has 9 heteroatoms. The Balaban J connectivity index is 1.75. The van der Waals surface area contributed by atoms with Crippen LogP contribution in [0.25, 0.3) is 22.5 Å². The summed E-state index contributed by atoms with van der Waals surface area (Å²) >= 11 is 7.52. The van der Waals surface area contributed by atoms with Gasteiger partial charge in [0.15, 0.2) is 4.80 Å². The molecule has 1 atom stereocenters. The number of ether oxygens (including phenoxy) is 3. The van der Waals surface area contributed by atoms with E-state index in [-0.39, 0.29) is 17.7 Å². The number of aromatic nitrogens is 1. The Labute approximate surface area is 256 Å². The minimum Gasteiger partial charge on any atom is -0.496 e. The molecule has 0 saturated carbocycles. The molecule has 1 aliphatic rings. The number of nitrogens with zero attached hydrogens (tertiary/aromatic N) is 2. The third kappa shape index (κ3) is 5.13. The average Bonchev–Trinajstić information content (AvgIpc) is 3.34. The van der Waals surface area contributed by atoms with Crippen molar-refractivity contribution in [2.24, 2.45) is 4.99 Å². The van der Waals surface area contributed by atoms with Crippen LogP contribution in [-0.4, -0.2) is 31.4 Å². The Kier molecular flexibility index (Phi) is 7.88. The van der Waals surface area contributed by atoms with Gasteiger partial charge in [0.1, 0.15) is 17.5 Å². The van der Waals surface area contributed by atoms with Gasteiger partial charge in [-0.2, -0.15) is 0 Å². The maximum absolute atomic E-state index is 14.4. The van der Waals surface area contributed by atoms with Crippen LogP contribution in [0.4, 0.5) is 0 Å². The first kappa shape index (κ1) is 28.5. The van der Waals surface area contributed by atoms with Gasteiger partial charge in [0.25, 0.3) is 5.56 Å². The van der Waals surface area contributed by atoms with Crippen LogP contribution in [0.3, 0.4) is 0 Å². The molecule has 7 nitrogen and oxygen atoms in total. The van der Waals surface area contributed by atoms with E-state index in [0.29, 0.717) is 42.7 Å². The molecule has 0 amide bonds. The van der Waals surface area contributed by atoms with E-state index in [2.05, 4.69) is 0 Å². The van der Waals surface area contributed by atoms with Gasteiger partial charge in [0.05, 0.1) is 36.6 Å². The van der Waals surface area contributed by atoms with Crippen LogP contribution in [-0.2, 0) is 9.53 Å². The molecule has 216 valence electrons. The molecule has 6 rings (SSSR count). The third-order valence-electron chi connectivity index (χ3n) is 7.28. The zero-order valence-electron chi connectivity index (χ0n) is 23.7. The van der Waals surface area contributed by atoms with Crippen molar-refractivity contribution in [1.82, 2.24) is 4.57 Å². The molecule has 2 heterocycles. The molecule has 0 saturated heterocycles. The first-order valence-electron chi connectivity index (χ1n) is 13.6. The number of rotatable bonds is 7. The zero-order valence-corrected chi connectivity index (χ0v) is 25.2. The summed E-state index contributed by atoms with van der Waals surface area (Å²) < 4.78 is 19.0. The number of methoxy groups -OCH3 is 2. The topological polar surface area (TPSA) is 79.1 Å². The van der Waals surface area contributed by atoms with E-state index in [4.69, 9.17) is 30.8 Å². The maximum atomic E-state index is 14.4. The third-order valence-corrected chi connectivity index (χ3v) is 8.49. The van der Waals surface area contributed by atoms with Gasteiger partial charge < -0.3 is 14.2 Å². The summed E-state index contributed by atoms with van der Waals surface area (Å²) in [5.74, 6) is 0.543. The smallest absolute Gasteiger partial charge is 0.338 e. The molecular formula is C34H27ClN2O5S. The van der Waals surface area contributed by atoms with E-state index in [1.807, 2.05) is 66.7 Å². The average molecular weight is 611 g/mol. The number of esters is 1. The molecule has 0 fully saturated rings. The molecule has 0 bridgehead atoms. The van der Waals surface area contributed by atoms with Crippen LogP contribution in [0.5, 0.6) is 11.5 Å². The van der Waals surface area contributed by atoms with Gasteiger partial charge in [0.2, 0.25) is 0 Å². The highest BCUT2D eigenvalue weighted by Crippen LogP contribution is 2.42. The quantitative estimate of drug-likeness (QED) is 0.219. The summed E-state index contributed by atoms with van der Waals surface area (Å²) in [5.41, 5.74) is 2.41. The van der Waals surface area contributed by atoms with Gasteiger partial charge in [-0.1, -0.05) is 83.6 Å². The molecular weight excluding hydrogens is 584 g/mol. The predicted octanol–water partition coefficient (Wildman–Crippen LogP) is 5.76. The van der Waals surface area contributed by atoms with Crippen LogP contribution < -0.4 is 24.4 Å². The van der Waals surface area contributed by atoms with E-state index in [1.165, 1.54) is 11.3 Å². The summed E-state index contributed by atoms with van der Waals surface area (Å²) in [6, 6.07) is 25.4. The Hall–Kier alpha value is -4.66. The maximum Gasteiger partial charge on any atom is 0.338 e. The highest BCUT2D eigenvalue weighted by molar-refractivity contribution is 7.07. The van der Waals surface area contributed by atoms with Crippen molar-refractivity contribution in [3.63, 3.8) is 0 Å². The van der Waals surface area contributed by atoms with Crippen molar-refractivity contribution >= 4 is 51.5 Å². The Bertz CT molecular complexity index is 2080. The van der Waals surface area contributed by atoms with E-state index >= 15 is 0 Å². The van der Waals surface area contributed by atoms with E-state index in [9.17, 15) is 9.59 Å². The molecule has 0 radical (unpaired) electrons. The molecule has 1 aromatic heterocycles. The number of halogens is 1. The number of thiazole rings is 1. The van der Waals surface area contributed by atoms with Crippen molar-refractivity contribution < 1.29 is 19.0 Å². The minimum atomic E-state index is -0.894. The first-order valence-corrected chi connectivity index (χ1v) is 14.8. The fourth-order valence-electron chi connectivity index (χ4n) is 5.41. The number of benzene rings is 4. The number of carbonyl (C=O) groups excluding carboxylic acids is 1. The molecule has 0 spiro atoms. The van der Waals surface area contributed by atoms with E-state index in [0.717, 1.165) is 16.3 Å². The second-order valence-corrected chi connectivity index (χ2v) is 11.2. The zero-order chi connectivity index (χ0) is 30.1. The van der Waals surface area contributed by atoms with Gasteiger partial charge in [-0.05, 0) is 48.0 Å². The minimum absolute atomic E-state index is 0.156. The lowest BCUT2D eigenvalue weighted by molar-refractivity contribution is -0.138. The SMILES string of the molecule is CCOC(=O)C1=C(c2ccccc2)N=c2s/c(=C\c3cc(Cl)ccc3OC)c(=O)n2[C@@H]1c1c(OC)ccc2ccccc12. The lowest BCUT2D eigenvalue weighted by Gasteiger charge is -2.28. The lowest BCUT2D eigenvalue weighted by Crippen LogP contribution is -2.40. The van der Waals surface area contributed by atoms with Crippen LogP contribution in [0.1, 0.15) is 29.7 Å². The van der Waals surface area contributed by atoms with Gasteiger partial charge in [-0.3, -0.25) is 9.36 Å². The van der Waals surface area contributed by atoms with Crippen molar-refractivity contribution in [3.05, 3.63) is 132 Å². The van der Waals surface area contributed by atoms with Gasteiger partial charge in [-0.15, -0.1) is 0 Å². The second-order valence-electron chi connectivity index (χ2n) is 9.72. The fourth-order valence-corrected chi connectivity index (χ4v) is 6.58. The highest BCUT2D eigenvalue weighted by Gasteiger charge is 2.37. The highest BCUT2D eigenvalue weighted by atomic mass is 35.5. The number of carbonyl (C=O) groups is 1. The molecule has 5 aromatic rings. The summed E-state index contributed by atoms with van der Waals surface area (Å²) in [7, 11) is 3.14. The number of hydrogen-bond acceptors (Lipinski definition) is 7. The molecule has 1 aliphatic heterocycles. The molecule has 0 unspecified atom stereocenters. The summed E-state index contributed by atoms with van der Waals surface area (Å²) in [4.78, 5) is 33.7. The van der Waals surface area contributed by atoms with Crippen molar-refractivity contribution in [2.45, 2.75) is 13.0 Å². The molecule has 4 aromatic carbocycles. The standard InChI is InChI=1S/C34H27ClN2O5S/c1-4-42-33(39)29-30(21-11-6-5-7-12-21)36-34-37(31(29)28-24-13-9-8-10-20(24)14-16-26(28)41-3)32(38)27(43-34)19-22-18-23(35)15-17-25(22)40-2/h5-19,31H,4H2,1-3H3/b27-19-/t31-/m1/s1. The largest absolute Gasteiger partial charge is 0.496 e. The van der Waals surface area contributed by atoms with Crippen LogP contribution in [0.2, 0.25) is 5.02 Å². The van der Waals surface area contributed by atoms with E-state index < -0.39 is 12.0 Å². The van der Waals surface area contributed by atoms with Gasteiger partial charge >= 0.3 is 5.97 Å². The van der Waals surface area contributed by atoms with Crippen LogP contribution in [0, 0.1) is 0 Å². The van der Waals surface area contributed by atoms with Gasteiger partial charge in [-0.25, -0.2) is 9.79 Å². The lowest BCUT2D eigenvalue weighted by atomic mass is 9.89. The Morgan fingerprint density at radius 2 is 1.70 bits per heavy atom. The van der Waals surface area contributed by atoms with Crippen LogP contribution in [0.15, 0.2) is 100 Å². The van der Waals surface area contributed by atoms with E-state index in [1.54, 1.807) is 50.0 Å². The van der Waals surface area contributed by atoms with Gasteiger partial charge in [0, 0.05) is 21.7 Å². The Morgan fingerprint density at radius 3 is 2.44 bits per heavy atom. The van der Waals surface area contributed by atoms with Crippen molar-refractivity contribution in [1.29, 1.82) is 0 Å². The number of fused-ring (bicyclic) bond motifs is 2. The number of hydrogen-bond donors (Lipinski definition) is 0. The first-order chi connectivity index (χ1) is 20.9. The van der Waals surface area contributed by atoms with Crippen LogP contribution >= 0.6 is 22.9 Å².